The van der Waals surface area contributed by atoms with Crippen molar-refractivity contribution in [1.82, 2.24) is 14.9 Å². The summed E-state index contributed by atoms with van der Waals surface area (Å²) < 4.78 is 0. The number of aryl methyl sites for hydroxylation is 1. The Morgan fingerprint density at radius 3 is 2.50 bits per heavy atom. The van der Waals surface area contributed by atoms with E-state index >= 15 is 0 Å². The zero-order chi connectivity index (χ0) is 13.9. The van der Waals surface area contributed by atoms with E-state index < -0.39 is 0 Å². The molecule has 1 aliphatic carbocycles. The second kappa shape index (κ2) is 6.06. The molecule has 2 aliphatic rings. The van der Waals surface area contributed by atoms with Crippen molar-refractivity contribution in [2.45, 2.75) is 45.2 Å². The SMILES string of the molecule is Cc1nc(N2CCN(C3CCCC3)CC2)ncc1CN. The highest BCUT2D eigenvalue weighted by molar-refractivity contribution is 5.33. The molecule has 0 unspecified atom stereocenters. The van der Waals surface area contributed by atoms with Crippen LogP contribution in [-0.2, 0) is 6.54 Å². The molecule has 1 aliphatic heterocycles. The largest absolute Gasteiger partial charge is 0.338 e. The third-order valence-electron chi connectivity index (χ3n) is 4.73. The number of nitrogens with zero attached hydrogens (tertiary/aromatic N) is 4. The van der Waals surface area contributed by atoms with Crippen molar-refractivity contribution in [3.63, 3.8) is 0 Å². The van der Waals surface area contributed by atoms with Crippen LogP contribution >= 0.6 is 0 Å². The molecule has 1 saturated heterocycles. The molecule has 20 heavy (non-hydrogen) atoms. The van der Waals surface area contributed by atoms with E-state index in [9.17, 15) is 0 Å². The monoisotopic (exact) mass is 275 g/mol. The number of anilines is 1. The van der Waals surface area contributed by atoms with Gasteiger partial charge in [0.15, 0.2) is 0 Å². The lowest BCUT2D eigenvalue weighted by Crippen LogP contribution is -2.50. The van der Waals surface area contributed by atoms with Crippen molar-refractivity contribution in [2.75, 3.05) is 31.1 Å². The minimum Gasteiger partial charge on any atom is -0.338 e. The molecule has 5 heteroatoms. The fraction of sp³-hybridized carbons (Fsp3) is 0.733. The van der Waals surface area contributed by atoms with Crippen LogP contribution in [0.4, 0.5) is 5.95 Å². The van der Waals surface area contributed by atoms with E-state index in [0.29, 0.717) is 6.54 Å². The van der Waals surface area contributed by atoms with E-state index in [2.05, 4.69) is 19.8 Å². The molecule has 2 N–H and O–H groups in total. The van der Waals surface area contributed by atoms with Crippen LogP contribution in [-0.4, -0.2) is 47.1 Å². The summed E-state index contributed by atoms with van der Waals surface area (Å²) in [5.74, 6) is 0.866. The van der Waals surface area contributed by atoms with E-state index in [1.807, 2.05) is 13.1 Å². The molecule has 2 heterocycles. The molecule has 1 aromatic rings. The van der Waals surface area contributed by atoms with Crippen molar-refractivity contribution in [3.8, 4) is 0 Å². The summed E-state index contributed by atoms with van der Waals surface area (Å²) >= 11 is 0. The van der Waals surface area contributed by atoms with E-state index in [1.54, 1.807) is 0 Å². The Kier molecular flexibility index (Phi) is 4.17. The molecule has 0 amide bonds. The molecule has 1 saturated carbocycles. The lowest BCUT2D eigenvalue weighted by atomic mass is 10.2. The van der Waals surface area contributed by atoms with Gasteiger partial charge in [-0.3, -0.25) is 4.90 Å². The molecule has 0 spiro atoms. The van der Waals surface area contributed by atoms with Crippen LogP contribution in [0.5, 0.6) is 0 Å². The molecule has 110 valence electrons. The first-order valence-electron chi connectivity index (χ1n) is 7.79. The lowest BCUT2D eigenvalue weighted by molar-refractivity contribution is 0.187. The van der Waals surface area contributed by atoms with Gasteiger partial charge in [-0.15, -0.1) is 0 Å². The van der Waals surface area contributed by atoms with E-state index in [4.69, 9.17) is 5.73 Å². The van der Waals surface area contributed by atoms with Gasteiger partial charge in [0.2, 0.25) is 5.95 Å². The van der Waals surface area contributed by atoms with Gasteiger partial charge in [0.1, 0.15) is 0 Å². The summed E-state index contributed by atoms with van der Waals surface area (Å²) in [5, 5.41) is 0. The van der Waals surface area contributed by atoms with Gasteiger partial charge < -0.3 is 10.6 Å². The minimum absolute atomic E-state index is 0.515. The van der Waals surface area contributed by atoms with Gasteiger partial charge in [-0.2, -0.15) is 0 Å². The van der Waals surface area contributed by atoms with E-state index in [1.165, 1.54) is 25.7 Å². The van der Waals surface area contributed by atoms with Crippen LogP contribution < -0.4 is 10.6 Å². The zero-order valence-electron chi connectivity index (χ0n) is 12.4. The highest BCUT2D eigenvalue weighted by Crippen LogP contribution is 2.25. The summed E-state index contributed by atoms with van der Waals surface area (Å²) in [5.41, 5.74) is 7.72. The second-order valence-electron chi connectivity index (χ2n) is 5.95. The topological polar surface area (TPSA) is 58.3 Å². The number of nitrogens with two attached hydrogens (primary N) is 1. The van der Waals surface area contributed by atoms with Gasteiger partial charge in [0.05, 0.1) is 0 Å². The number of hydrogen-bond donors (Lipinski definition) is 1. The first-order valence-corrected chi connectivity index (χ1v) is 7.79. The Bertz CT molecular complexity index is 448. The summed E-state index contributed by atoms with van der Waals surface area (Å²) in [6, 6.07) is 0.833. The number of hydrogen-bond acceptors (Lipinski definition) is 5. The Morgan fingerprint density at radius 1 is 1.20 bits per heavy atom. The van der Waals surface area contributed by atoms with E-state index in [0.717, 1.165) is 49.4 Å². The first-order chi connectivity index (χ1) is 9.78. The summed E-state index contributed by atoms with van der Waals surface area (Å²) in [6.07, 6.45) is 7.48. The molecule has 0 aromatic carbocycles. The molecule has 3 rings (SSSR count). The quantitative estimate of drug-likeness (QED) is 0.901. The Hall–Kier alpha value is -1.20. The Morgan fingerprint density at radius 2 is 1.90 bits per heavy atom. The van der Waals surface area contributed by atoms with Crippen LogP contribution in [0.25, 0.3) is 0 Å². The summed E-state index contributed by atoms with van der Waals surface area (Å²) in [4.78, 5) is 14.0. The number of rotatable bonds is 3. The van der Waals surface area contributed by atoms with Gasteiger partial charge in [0, 0.05) is 56.2 Å². The molecular weight excluding hydrogens is 250 g/mol. The zero-order valence-corrected chi connectivity index (χ0v) is 12.4. The molecule has 1 aromatic heterocycles. The lowest BCUT2D eigenvalue weighted by Gasteiger charge is -2.38. The molecule has 5 nitrogen and oxygen atoms in total. The normalized spacial score (nSPS) is 21.6. The highest BCUT2D eigenvalue weighted by atomic mass is 15.3. The molecule has 0 atom stereocenters. The standard InChI is InChI=1S/C15H25N5/c1-12-13(10-16)11-17-15(18-12)20-8-6-19(7-9-20)14-4-2-3-5-14/h11,14H,2-10,16H2,1H3. The fourth-order valence-electron chi connectivity index (χ4n) is 3.39. The van der Waals surface area contributed by atoms with Crippen molar-refractivity contribution < 1.29 is 0 Å². The van der Waals surface area contributed by atoms with Crippen molar-refractivity contribution >= 4 is 5.95 Å². The van der Waals surface area contributed by atoms with Crippen molar-refractivity contribution in [3.05, 3.63) is 17.5 Å². The smallest absolute Gasteiger partial charge is 0.225 e. The molecular formula is C15H25N5. The maximum absolute atomic E-state index is 5.67. The van der Waals surface area contributed by atoms with Crippen LogP contribution in [0.2, 0.25) is 0 Å². The van der Waals surface area contributed by atoms with Crippen LogP contribution in [0, 0.1) is 6.92 Å². The molecule has 0 bridgehead atoms. The first kappa shape index (κ1) is 13.8. The molecule has 2 fully saturated rings. The Balaban J connectivity index is 1.61. The summed E-state index contributed by atoms with van der Waals surface area (Å²) in [7, 11) is 0. The van der Waals surface area contributed by atoms with Gasteiger partial charge in [-0.1, -0.05) is 12.8 Å². The fourth-order valence-corrected chi connectivity index (χ4v) is 3.39. The maximum atomic E-state index is 5.67. The van der Waals surface area contributed by atoms with Gasteiger partial charge >= 0.3 is 0 Å². The third-order valence-corrected chi connectivity index (χ3v) is 4.73. The average Bonchev–Trinajstić information content (AvgIpc) is 3.01. The Labute approximate surface area is 121 Å². The predicted octanol–water partition coefficient (Wildman–Crippen LogP) is 1.31. The van der Waals surface area contributed by atoms with Gasteiger partial charge in [0.25, 0.3) is 0 Å². The maximum Gasteiger partial charge on any atom is 0.225 e. The number of piperazine rings is 1. The predicted molar refractivity (Wildman–Crippen MR) is 80.7 cm³/mol. The van der Waals surface area contributed by atoms with Crippen molar-refractivity contribution in [2.24, 2.45) is 5.73 Å². The second-order valence-corrected chi connectivity index (χ2v) is 5.95. The van der Waals surface area contributed by atoms with Crippen molar-refractivity contribution in [1.29, 1.82) is 0 Å². The third kappa shape index (κ3) is 2.79. The molecule has 0 radical (unpaired) electrons. The van der Waals surface area contributed by atoms with Gasteiger partial charge in [-0.25, -0.2) is 9.97 Å². The van der Waals surface area contributed by atoms with E-state index in [-0.39, 0.29) is 0 Å². The van der Waals surface area contributed by atoms with Crippen LogP contribution in [0.1, 0.15) is 36.9 Å². The minimum atomic E-state index is 0.515. The number of aromatic nitrogens is 2. The van der Waals surface area contributed by atoms with Crippen LogP contribution in [0.3, 0.4) is 0 Å². The summed E-state index contributed by atoms with van der Waals surface area (Å²) in [6.45, 7) is 6.90. The highest BCUT2D eigenvalue weighted by Gasteiger charge is 2.26. The van der Waals surface area contributed by atoms with Crippen LogP contribution in [0.15, 0.2) is 6.20 Å². The average molecular weight is 275 g/mol. The van der Waals surface area contributed by atoms with Gasteiger partial charge in [-0.05, 0) is 19.8 Å².